The summed E-state index contributed by atoms with van der Waals surface area (Å²) in [6.07, 6.45) is 2.01. The predicted octanol–water partition coefficient (Wildman–Crippen LogP) is 4.70. The summed E-state index contributed by atoms with van der Waals surface area (Å²) in [7, 11) is 0. The van der Waals surface area contributed by atoms with Crippen molar-refractivity contribution in [2.24, 2.45) is 4.99 Å². The zero-order valence-corrected chi connectivity index (χ0v) is 15.3. The number of aliphatic imine (C=N–C) groups is 1. The van der Waals surface area contributed by atoms with Gasteiger partial charge in [0.25, 0.3) is 0 Å². The van der Waals surface area contributed by atoms with Crippen LogP contribution in [0.15, 0.2) is 51.2 Å². The average Bonchev–Trinajstić information content (AvgIpc) is 2.80. The number of nitrogens with zero attached hydrogens (tertiary/aromatic N) is 3. The summed E-state index contributed by atoms with van der Waals surface area (Å²) in [5, 5.41) is 0.730. The lowest BCUT2D eigenvalue weighted by Crippen LogP contribution is -2.46. The molecule has 0 aromatic heterocycles. The van der Waals surface area contributed by atoms with Crippen LogP contribution in [0.5, 0.6) is 0 Å². The van der Waals surface area contributed by atoms with Gasteiger partial charge in [-0.3, -0.25) is 4.99 Å². The number of hydrogen-bond acceptors (Lipinski definition) is 4. The lowest BCUT2D eigenvalue weighted by atomic mass is 10.1. The lowest BCUT2D eigenvalue weighted by Gasteiger charge is -2.36. The van der Waals surface area contributed by atoms with Gasteiger partial charge in [-0.15, -0.1) is 0 Å². The molecule has 0 spiro atoms. The Balaban J connectivity index is 1.68. The predicted molar refractivity (Wildman–Crippen MR) is 104 cm³/mol. The second kappa shape index (κ2) is 6.79. The third kappa shape index (κ3) is 3.06. The van der Waals surface area contributed by atoms with E-state index >= 15 is 0 Å². The topological polar surface area (TPSA) is 18.8 Å². The Kier molecular flexibility index (Phi) is 4.53. The van der Waals surface area contributed by atoms with Crippen LogP contribution in [0.1, 0.15) is 12.5 Å². The van der Waals surface area contributed by atoms with Gasteiger partial charge in [0.15, 0.2) is 0 Å². The number of fused-ring (bicyclic) bond motifs is 2. The Morgan fingerprint density at radius 3 is 2.71 bits per heavy atom. The number of hydrogen-bond donors (Lipinski definition) is 0. The molecule has 2 heterocycles. The highest BCUT2D eigenvalue weighted by atomic mass is 35.5. The molecule has 24 heavy (non-hydrogen) atoms. The highest BCUT2D eigenvalue weighted by Crippen LogP contribution is 2.42. The maximum absolute atomic E-state index is 6.13. The first kappa shape index (κ1) is 16.0. The average molecular weight is 358 g/mol. The van der Waals surface area contributed by atoms with Crippen LogP contribution in [0.3, 0.4) is 0 Å². The van der Waals surface area contributed by atoms with Crippen LogP contribution in [-0.4, -0.2) is 43.8 Å². The molecular formula is C19H20ClN3S. The van der Waals surface area contributed by atoms with Gasteiger partial charge in [-0.1, -0.05) is 36.4 Å². The molecule has 0 bridgehead atoms. The number of rotatable bonds is 2. The minimum atomic E-state index is 0.730. The molecule has 2 aliphatic heterocycles. The van der Waals surface area contributed by atoms with Crippen LogP contribution in [0, 0.1) is 0 Å². The molecule has 3 nitrogen and oxygen atoms in total. The van der Waals surface area contributed by atoms with E-state index in [9.17, 15) is 0 Å². The standard InChI is InChI=1S/C19H20ClN3S/c1-2-22-8-10-23(11-9-22)17-4-3-5-18-15(17)13-21-16-12-14(20)6-7-19(16)24-18/h3-7,12-13H,2,8-11H2,1H3. The van der Waals surface area contributed by atoms with E-state index in [0.29, 0.717) is 0 Å². The van der Waals surface area contributed by atoms with Gasteiger partial charge in [0.2, 0.25) is 0 Å². The lowest BCUT2D eigenvalue weighted by molar-refractivity contribution is 0.271. The molecule has 2 aromatic rings. The van der Waals surface area contributed by atoms with Crippen molar-refractivity contribution in [3.8, 4) is 0 Å². The van der Waals surface area contributed by atoms with E-state index in [1.54, 1.807) is 11.8 Å². The van der Waals surface area contributed by atoms with Gasteiger partial charge < -0.3 is 9.80 Å². The molecule has 124 valence electrons. The molecular weight excluding hydrogens is 338 g/mol. The zero-order chi connectivity index (χ0) is 16.5. The van der Waals surface area contributed by atoms with Crippen molar-refractivity contribution in [2.45, 2.75) is 16.7 Å². The summed E-state index contributed by atoms with van der Waals surface area (Å²) in [5.41, 5.74) is 3.46. The Labute approximate surface area is 152 Å². The molecule has 0 amide bonds. The first-order valence-electron chi connectivity index (χ1n) is 8.36. The molecule has 0 unspecified atom stereocenters. The van der Waals surface area contributed by atoms with E-state index in [0.717, 1.165) is 48.3 Å². The van der Waals surface area contributed by atoms with Gasteiger partial charge in [-0.05, 0) is 36.9 Å². The Bertz CT molecular complexity index is 782. The zero-order valence-electron chi connectivity index (χ0n) is 13.7. The Hall–Kier alpha value is -1.49. The van der Waals surface area contributed by atoms with E-state index in [4.69, 9.17) is 16.6 Å². The monoisotopic (exact) mass is 357 g/mol. The summed E-state index contributed by atoms with van der Waals surface area (Å²) in [6, 6.07) is 12.5. The minimum absolute atomic E-state index is 0.730. The second-order valence-corrected chi connectivity index (χ2v) is 7.60. The Morgan fingerprint density at radius 1 is 1.08 bits per heavy atom. The maximum Gasteiger partial charge on any atom is 0.0784 e. The van der Waals surface area contributed by atoms with Crippen LogP contribution in [0.4, 0.5) is 11.4 Å². The largest absolute Gasteiger partial charge is 0.368 e. The number of halogens is 1. The summed E-state index contributed by atoms with van der Waals surface area (Å²) < 4.78 is 0. The van der Waals surface area contributed by atoms with Crippen LogP contribution < -0.4 is 4.90 Å². The van der Waals surface area contributed by atoms with E-state index in [1.165, 1.54) is 16.1 Å². The minimum Gasteiger partial charge on any atom is -0.368 e. The van der Waals surface area contributed by atoms with Crippen molar-refractivity contribution < 1.29 is 0 Å². The first-order chi connectivity index (χ1) is 11.7. The van der Waals surface area contributed by atoms with E-state index in [-0.39, 0.29) is 0 Å². The third-order valence-electron chi connectivity index (χ3n) is 4.68. The number of likely N-dealkylation sites (N-methyl/N-ethyl adjacent to an activating group) is 1. The second-order valence-electron chi connectivity index (χ2n) is 6.08. The number of anilines is 1. The van der Waals surface area contributed by atoms with Crippen molar-refractivity contribution in [2.75, 3.05) is 37.6 Å². The van der Waals surface area contributed by atoms with Crippen LogP contribution >= 0.6 is 23.4 Å². The van der Waals surface area contributed by atoms with E-state index < -0.39 is 0 Å². The van der Waals surface area contributed by atoms with Crippen molar-refractivity contribution in [3.63, 3.8) is 0 Å². The molecule has 0 atom stereocenters. The number of benzene rings is 2. The van der Waals surface area contributed by atoms with E-state index in [1.807, 2.05) is 18.3 Å². The molecule has 1 fully saturated rings. The molecule has 4 rings (SSSR count). The highest BCUT2D eigenvalue weighted by Gasteiger charge is 2.21. The van der Waals surface area contributed by atoms with Gasteiger partial charge in [0.1, 0.15) is 0 Å². The molecule has 0 radical (unpaired) electrons. The van der Waals surface area contributed by atoms with Crippen molar-refractivity contribution in [3.05, 3.63) is 47.0 Å². The van der Waals surface area contributed by atoms with Crippen LogP contribution in [0.25, 0.3) is 0 Å². The van der Waals surface area contributed by atoms with Crippen molar-refractivity contribution in [1.82, 2.24) is 4.90 Å². The molecule has 5 heteroatoms. The van der Waals surface area contributed by atoms with Crippen LogP contribution in [0.2, 0.25) is 5.02 Å². The molecule has 2 aliphatic rings. The van der Waals surface area contributed by atoms with Gasteiger partial charge in [0.05, 0.1) is 5.69 Å². The molecule has 0 N–H and O–H groups in total. The molecule has 0 aliphatic carbocycles. The SMILES string of the molecule is CCN1CCN(c2cccc3c2C=Nc2cc(Cl)ccc2S3)CC1. The van der Waals surface area contributed by atoms with E-state index in [2.05, 4.69) is 41.0 Å². The van der Waals surface area contributed by atoms with Crippen LogP contribution in [-0.2, 0) is 0 Å². The van der Waals surface area contributed by atoms with Crippen molar-refractivity contribution in [1.29, 1.82) is 0 Å². The summed E-state index contributed by atoms with van der Waals surface area (Å²) in [4.78, 5) is 12.1. The quantitative estimate of drug-likeness (QED) is 0.662. The maximum atomic E-state index is 6.13. The molecule has 2 aromatic carbocycles. The van der Waals surface area contributed by atoms with Gasteiger partial charge in [0, 0.05) is 58.5 Å². The fourth-order valence-corrected chi connectivity index (χ4v) is 4.43. The first-order valence-corrected chi connectivity index (χ1v) is 9.56. The molecule has 0 saturated carbocycles. The summed E-state index contributed by atoms with van der Waals surface area (Å²) in [5.74, 6) is 0. The van der Waals surface area contributed by atoms with Gasteiger partial charge in [-0.2, -0.15) is 0 Å². The summed E-state index contributed by atoms with van der Waals surface area (Å²) in [6.45, 7) is 7.76. The van der Waals surface area contributed by atoms with Gasteiger partial charge >= 0.3 is 0 Å². The van der Waals surface area contributed by atoms with Crippen molar-refractivity contribution >= 4 is 41.0 Å². The smallest absolute Gasteiger partial charge is 0.0784 e. The highest BCUT2D eigenvalue weighted by molar-refractivity contribution is 7.99. The summed E-state index contributed by atoms with van der Waals surface area (Å²) >= 11 is 7.90. The number of piperazine rings is 1. The normalized spacial score (nSPS) is 17.3. The third-order valence-corrected chi connectivity index (χ3v) is 6.05. The molecule has 1 saturated heterocycles. The fraction of sp³-hybridized carbons (Fsp3) is 0.316. The fourth-order valence-electron chi connectivity index (χ4n) is 3.26. The van der Waals surface area contributed by atoms with Gasteiger partial charge in [-0.25, -0.2) is 0 Å². The Morgan fingerprint density at radius 2 is 1.92 bits per heavy atom.